The molecule has 0 saturated carbocycles. The Labute approximate surface area is 191 Å². The third-order valence-corrected chi connectivity index (χ3v) is 7.12. The van der Waals surface area contributed by atoms with Crippen LogP contribution in [0.4, 0.5) is 0 Å². The number of carbonyl (C=O) groups excluding carboxylic acids is 2. The minimum Gasteiger partial charge on any atom is -0.497 e. The molecule has 0 aromatic heterocycles. The first-order valence-corrected chi connectivity index (χ1v) is 11.0. The van der Waals surface area contributed by atoms with E-state index < -0.39 is 22.6 Å². The van der Waals surface area contributed by atoms with Crippen LogP contribution in [-0.2, 0) is 9.53 Å². The lowest BCUT2D eigenvalue weighted by Gasteiger charge is -2.13. The number of Topliss-reactive ketones (excluding diaryl/α,β-unsaturated/α-hetero) is 1. The van der Waals surface area contributed by atoms with Crippen molar-refractivity contribution in [1.29, 1.82) is 0 Å². The van der Waals surface area contributed by atoms with Crippen molar-refractivity contribution in [3.05, 3.63) is 86.7 Å². The van der Waals surface area contributed by atoms with Gasteiger partial charge in [-0.15, -0.1) is 0 Å². The van der Waals surface area contributed by atoms with Gasteiger partial charge >= 0.3 is 5.97 Å². The highest BCUT2D eigenvalue weighted by Gasteiger charge is 2.19. The largest absolute Gasteiger partial charge is 0.497 e. The van der Waals surface area contributed by atoms with Gasteiger partial charge < -0.3 is 9.47 Å². The molecule has 0 aliphatic heterocycles. The molecule has 0 aliphatic carbocycles. The van der Waals surface area contributed by atoms with Crippen LogP contribution in [0, 0.1) is 0 Å². The average molecular weight is 465 g/mol. The number of hydrogen-bond donors (Lipinski definition) is 0. The Balaban J connectivity index is 1.65. The number of rotatable bonds is 7. The summed E-state index contributed by atoms with van der Waals surface area (Å²) in [5.41, 5.74) is -0.673. The van der Waals surface area contributed by atoms with E-state index in [1.54, 1.807) is 43.5 Å². The first kappa shape index (κ1) is 21.9. The first-order valence-electron chi connectivity index (χ1n) is 9.41. The van der Waals surface area contributed by atoms with Crippen LogP contribution in [0.1, 0.15) is 10.4 Å². The molecule has 0 saturated heterocycles. The van der Waals surface area contributed by atoms with Crippen molar-refractivity contribution in [2.45, 2.75) is 19.6 Å². The monoisotopic (exact) mass is 464 g/mol. The van der Waals surface area contributed by atoms with Crippen LogP contribution in [-0.4, -0.2) is 26.0 Å². The van der Waals surface area contributed by atoms with Crippen LogP contribution < -0.4 is 15.6 Å². The fourth-order valence-corrected chi connectivity index (χ4v) is 5.23. The van der Waals surface area contributed by atoms with Crippen molar-refractivity contribution in [2.75, 3.05) is 14.2 Å². The van der Waals surface area contributed by atoms with Gasteiger partial charge in [0.25, 0.3) is 5.78 Å². The summed E-state index contributed by atoms with van der Waals surface area (Å²) in [6.45, 7) is 0. The second-order valence-electron chi connectivity index (χ2n) is 6.70. The summed E-state index contributed by atoms with van der Waals surface area (Å²) in [5, 5.41) is 0.898. The number of carbonyl (C=O) groups is 2. The molecule has 0 unspecified atom stereocenters. The molecule has 0 radical (unpaired) electrons. The second-order valence-corrected chi connectivity index (χ2v) is 8.90. The van der Waals surface area contributed by atoms with E-state index in [2.05, 4.69) is 4.74 Å². The predicted octanol–water partition coefficient (Wildman–Crippen LogP) is 4.10. The van der Waals surface area contributed by atoms with E-state index in [9.17, 15) is 19.2 Å². The van der Waals surface area contributed by atoms with Crippen molar-refractivity contribution in [2.24, 2.45) is 0 Å². The predicted molar refractivity (Wildman–Crippen MR) is 123 cm³/mol. The minimum absolute atomic E-state index is 0.248. The van der Waals surface area contributed by atoms with Crippen molar-refractivity contribution in [3.63, 3.8) is 0 Å². The zero-order valence-corrected chi connectivity index (χ0v) is 18.7. The number of hydrogen-bond acceptors (Lipinski definition) is 8. The topological polar surface area (TPSA) is 86.7 Å². The highest BCUT2D eigenvalue weighted by atomic mass is 32.2. The first-order chi connectivity index (χ1) is 15.4. The lowest BCUT2D eigenvalue weighted by atomic mass is 10.1. The third kappa shape index (κ3) is 4.06. The van der Waals surface area contributed by atoms with Crippen LogP contribution in [0.2, 0.25) is 0 Å². The number of ether oxygens (including phenoxy) is 2. The summed E-state index contributed by atoms with van der Waals surface area (Å²) in [6, 6.07) is 17.5. The van der Waals surface area contributed by atoms with Gasteiger partial charge in [0.2, 0.25) is 10.9 Å². The molecule has 4 aromatic rings. The van der Waals surface area contributed by atoms with Gasteiger partial charge in [-0.25, -0.2) is 4.79 Å². The SMILES string of the molecule is COC(=O)C(=O)c1ccc(Sc2ccc(OC)cc2Sc2cccc3c(=O)c(=O)c23)cc1. The minimum atomic E-state index is -0.910. The summed E-state index contributed by atoms with van der Waals surface area (Å²) in [7, 11) is 2.74. The van der Waals surface area contributed by atoms with Gasteiger partial charge in [0, 0.05) is 30.5 Å². The molecule has 160 valence electrons. The third-order valence-electron chi connectivity index (χ3n) is 4.79. The zero-order chi connectivity index (χ0) is 22.8. The summed E-state index contributed by atoms with van der Waals surface area (Å²) in [5.74, 6) is -0.953. The van der Waals surface area contributed by atoms with Crippen LogP contribution in [0.15, 0.2) is 89.8 Å². The Bertz CT molecular complexity index is 1420. The maximum absolute atomic E-state index is 12.1. The van der Waals surface area contributed by atoms with E-state index in [1.165, 1.54) is 23.5 Å². The normalized spacial score (nSPS) is 10.9. The van der Waals surface area contributed by atoms with Gasteiger partial charge in [-0.2, -0.15) is 0 Å². The Morgan fingerprint density at radius 1 is 0.781 bits per heavy atom. The fourth-order valence-electron chi connectivity index (χ4n) is 3.12. The quantitative estimate of drug-likeness (QED) is 0.230. The highest BCUT2D eigenvalue weighted by Crippen LogP contribution is 2.42. The van der Waals surface area contributed by atoms with Gasteiger partial charge in [0.15, 0.2) is 0 Å². The van der Waals surface area contributed by atoms with Gasteiger partial charge in [-0.05, 0) is 48.5 Å². The molecule has 4 aromatic carbocycles. The van der Waals surface area contributed by atoms with Crippen LogP contribution in [0.25, 0.3) is 10.8 Å². The average Bonchev–Trinajstić information content (AvgIpc) is 2.83. The summed E-state index contributed by atoms with van der Waals surface area (Å²) < 4.78 is 9.82. The molecule has 4 rings (SSSR count). The van der Waals surface area contributed by atoms with E-state index in [-0.39, 0.29) is 5.56 Å². The maximum atomic E-state index is 12.1. The molecule has 0 aliphatic rings. The van der Waals surface area contributed by atoms with E-state index in [4.69, 9.17) is 4.74 Å². The Morgan fingerprint density at radius 3 is 2.22 bits per heavy atom. The summed E-state index contributed by atoms with van der Waals surface area (Å²) >= 11 is 2.85. The van der Waals surface area contributed by atoms with Crippen molar-refractivity contribution >= 4 is 46.0 Å². The smallest absolute Gasteiger partial charge is 0.379 e. The molecule has 6 nitrogen and oxygen atoms in total. The molecular formula is C24H16O6S2. The molecule has 0 amide bonds. The number of fused-ring (bicyclic) bond motifs is 1. The highest BCUT2D eigenvalue weighted by molar-refractivity contribution is 8.02. The van der Waals surface area contributed by atoms with Gasteiger partial charge in [-0.3, -0.25) is 14.4 Å². The molecule has 0 bridgehead atoms. The van der Waals surface area contributed by atoms with E-state index >= 15 is 0 Å². The van der Waals surface area contributed by atoms with Crippen molar-refractivity contribution in [1.82, 2.24) is 0 Å². The molecule has 8 heteroatoms. The van der Waals surface area contributed by atoms with Crippen molar-refractivity contribution < 1.29 is 19.1 Å². The number of methoxy groups -OCH3 is 2. The van der Waals surface area contributed by atoms with E-state index in [0.29, 0.717) is 21.4 Å². The Hall–Kier alpha value is -3.36. The molecule has 0 atom stereocenters. The van der Waals surface area contributed by atoms with Gasteiger partial charge in [0.05, 0.1) is 19.6 Å². The van der Waals surface area contributed by atoms with Gasteiger partial charge in [-0.1, -0.05) is 35.7 Å². The molecular weight excluding hydrogens is 448 g/mol. The van der Waals surface area contributed by atoms with E-state index in [1.807, 2.05) is 24.3 Å². The second kappa shape index (κ2) is 9.02. The number of benzene rings is 3. The van der Waals surface area contributed by atoms with Crippen LogP contribution in [0.3, 0.4) is 0 Å². The van der Waals surface area contributed by atoms with E-state index in [0.717, 1.165) is 21.8 Å². The molecule has 0 heterocycles. The van der Waals surface area contributed by atoms with Crippen LogP contribution >= 0.6 is 23.5 Å². The Kier molecular flexibility index (Phi) is 6.16. The molecule has 0 fully saturated rings. The van der Waals surface area contributed by atoms with Crippen LogP contribution in [0.5, 0.6) is 5.75 Å². The zero-order valence-electron chi connectivity index (χ0n) is 17.0. The molecule has 0 spiro atoms. The standard InChI is InChI=1S/C24H16O6S2/c1-29-14-8-11-17(31-15-9-6-13(7-10-15)21(25)24(28)30-2)19(12-14)32-18-5-3-4-16-20(18)23(27)22(16)26/h3-12H,1-2H3. The lowest BCUT2D eigenvalue weighted by Crippen LogP contribution is -2.30. The van der Waals surface area contributed by atoms with Gasteiger partial charge in [0.1, 0.15) is 5.75 Å². The lowest BCUT2D eigenvalue weighted by molar-refractivity contribution is -0.135. The fraction of sp³-hybridized carbons (Fsp3) is 0.0833. The number of ketones is 1. The molecule has 32 heavy (non-hydrogen) atoms. The summed E-state index contributed by atoms with van der Waals surface area (Å²) in [6.07, 6.45) is 0. The maximum Gasteiger partial charge on any atom is 0.379 e. The molecule has 0 N–H and O–H groups in total. The summed E-state index contributed by atoms with van der Waals surface area (Å²) in [4.78, 5) is 50.5. The Morgan fingerprint density at radius 2 is 1.53 bits per heavy atom. The van der Waals surface area contributed by atoms with Crippen molar-refractivity contribution in [3.8, 4) is 5.75 Å². The number of esters is 1.